The first-order valence-corrected chi connectivity index (χ1v) is 15.8. The van der Waals surface area contributed by atoms with Crippen LogP contribution in [0.5, 0.6) is 0 Å². The Labute approximate surface area is 271 Å². The second-order valence-electron chi connectivity index (χ2n) is 13.2. The zero-order chi connectivity index (χ0) is 33.6. The van der Waals surface area contributed by atoms with Crippen molar-refractivity contribution in [3.8, 4) is 0 Å². The average molecular weight is 627 g/mol. The van der Waals surface area contributed by atoms with Crippen LogP contribution in [0.2, 0.25) is 0 Å². The summed E-state index contributed by atoms with van der Waals surface area (Å²) in [6.45, 7) is 9.76. The Morgan fingerprint density at radius 1 is 0.891 bits per heavy atom. The smallest absolute Gasteiger partial charge is 0.407 e. The maximum atomic E-state index is 14.4. The molecule has 1 aliphatic carbocycles. The summed E-state index contributed by atoms with van der Waals surface area (Å²) >= 11 is 0. The van der Waals surface area contributed by atoms with Gasteiger partial charge in [0, 0.05) is 32.5 Å². The van der Waals surface area contributed by atoms with Crippen molar-refractivity contribution in [1.82, 2.24) is 15.1 Å². The van der Waals surface area contributed by atoms with Crippen LogP contribution in [-0.2, 0) is 25.5 Å². The number of benzene rings is 3. The number of nitrogens with two attached hydrogens (primary N) is 1. The number of nitrogens with zero attached hydrogens (tertiary/aromatic N) is 2. The van der Waals surface area contributed by atoms with Crippen LogP contribution in [0.4, 0.5) is 4.79 Å². The summed E-state index contributed by atoms with van der Waals surface area (Å²) in [6, 6.07) is 21.0. The molecule has 0 bridgehead atoms. The van der Waals surface area contributed by atoms with E-state index in [9.17, 15) is 19.2 Å². The molecule has 3 aromatic rings. The summed E-state index contributed by atoms with van der Waals surface area (Å²) in [6.07, 6.45) is 2.06. The number of nitrogens with one attached hydrogen (secondary N) is 1. The molecule has 1 saturated carbocycles. The van der Waals surface area contributed by atoms with Crippen LogP contribution in [0.25, 0.3) is 16.3 Å². The molecule has 0 heterocycles. The zero-order valence-electron chi connectivity index (χ0n) is 27.5. The Morgan fingerprint density at radius 3 is 2.11 bits per heavy atom. The van der Waals surface area contributed by atoms with E-state index in [0.29, 0.717) is 36.8 Å². The van der Waals surface area contributed by atoms with E-state index in [4.69, 9.17) is 10.5 Å². The molecule has 0 unspecified atom stereocenters. The lowest BCUT2D eigenvalue weighted by Gasteiger charge is -2.37. The fraction of sp³-hybridized carbons (Fsp3) is 0.405. The lowest BCUT2D eigenvalue weighted by Crippen LogP contribution is -2.55. The molecule has 4 rings (SSSR count). The summed E-state index contributed by atoms with van der Waals surface area (Å²) in [5.41, 5.74) is 7.25. The van der Waals surface area contributed by atoms with Crippen molar-refractivity contribution in [3.05, 3.63) is 90.5 Å². The number of hydrogen-bond donors (Lipinski definition) is 2. The Bertz CT molecular complexity index is 1570. The molecule has 46 heavy (non-hydrogen) atoms. The highest BCUT2D eigenvalue weighted by molar-refractivity contribution is 6.01. The van der Waals surface area contributed by atoms with E-state index in [-0.39, 0.29) is 24.3 Å². The first-order chi connectivity index (χ1) is 21.7. The number of amides is 4. The fourth-order valence-electron chi connectivity index (χ4n) is 6.08. The fourth-order valence-corrected chi connectivity index (χ4v) is 6.08. The van der Waals surface area contributed by atoms with E-state index < -0.39 is 35.6 Å². The summed E-state index contributed by atoms with van der Waals surface area (Å²) in [4.78, 5) is 56.2. The average Bonchev–Trinajstić information content (AvgIpc) is 3.02. The summed E-state index contributed by atoms with van der Waals surface area (Å²) in [7, 11) is 3.17. The maximum Gasteiger partial charge on any atom is 0.407 e. The van der Waals surface area contributed by atoms with Crippen molar-refractivity contribution in [2.24, 2.45) is 11.7 Å². The molecule has 0 radical (unpaired) electrons. The molecule has 1 fully saturated rings. The van der Waals surface area contributed by atoms with Gasteiger partial charge in [0.15, 0.2) is 0 Å². The molecule has 0 aromatic heterocycles. The van der Waals surface area contributed by atoms with Crippen molar-refractivity contribution in [2.45, 2.75) is 76.6 Å². The van der Waals surface area contributed by atoms with E-state index in [1.165, 1.54) is 9.80 Å². The van der Waals surface area contributed by atoms with Gasteiger partial charge in [-0.15, -0.1) is 0 Å². The van der Waals surface area contributed by atoms with Crippen LogP contribution in [0.15, 0.2) is 79.4 Å². The lowest BCUT2D eigenvalue weighted by atomic mass is 9.84. The van der Waals surface area contributed by atoms with E-state index >= 15 is 0 Å². The lowest BCUT2D eigenvalue weighted by molar-refractivity contribution is -0.147. The first-order valence-electron chi connectivity index (χ1n) is 15.8. The number of carbonyl (C=O) groups excluding carboxylic acids is 4. The van der Waals surface area contributed by atoms with Crippen LogP contribution in [0, 0.1) is 5.92 Å². The molecule has 2 atom stereocenters. The Balaban J connectivity index is 1.57. The number of hydrogen-bond acceptors (Lipinski definition) is 5. The summed E-state index contributed by atoms with van der Waals surface area (Å²) in [5, 5.41) is 4.93. The third-order valence-electron chi connectivity index (χ3n) is 8.63. The molecule has 3 N–H and O–H groups in total. The van der Waals surface area contributed by atoms with Crippen LogP contribution in [-0.4, -0.2) is 71.4 Å². The Hall–Kier alpha value is -4.66. The van der Waals surface area contributed by atoms with Gasteiger partial charge < -0.3 is 25.6 Å². The van der Waals surface area contributed by atoms with Gasteiger partial charge >= 0.3 is 6.09 Å². The molecule has 0 spiro atoms. The summed E-state index contributed by atoms with van der Waals surface area (Å²) in [5.74, 6) is -1.63. The minimum absolute atomic E-state index is 0.102. The second kappa shape index (κ2) is 14.6. The number of rotatable bonds is 10. The van der Waals surface area contributed by atoms with Crippen LogP contribution in [0.3, 0.4) is 0 Å². The van der Waals surface area contributed by atoms with Crippen LogP contribution < -0.4 is 11.1 Å². The van der Waals surface area contributed by atoms with E-state index in [1.54, 1.807) is 14.1 Å². The van der Waals surface area contributed by atoms with Gasteiger partial charge in [-0.1, -0.05) is 73.3 Å². The molecule has 9 nitrogen and oxygen atoms in total. The molecular formula is C37H46N4O5. The molecule has 0 saturated heterocycles. The number of likely N-dealkylation sites (N-methyl/N-ethyl adjacent to an activating group) is 2. The molecule has 9 heteroatoms. The van der Waals surface area contributed by atoms with Crippen molar-refractivity contribution in [1.29, 1.82) is 0 Å². The first kappa shape index (κ1) is 34.2. The van der Waals surface area contributed by atoms with E-state index in [2.05, 4.69) is 11.9 Å². The molecule has 3 aromatic carbocycles. The number of carbonyl (C=O) groups is 4. The van der Waals surface area contributed by atoms with Gasteiger partial charge in [-0.25, -0.2) is 4.79 Å². The molecular weight excluding hydrogens is 580 g/mol. The predicted molar refractivity (Wildman–Crippen MR) is 181 cm³/mol. The third kappa shape index (κ3) is 8.53. The number of primary amides is 1. The highest BCUT2D eigenvalue weighted by Crippen LogP contribution is 2.31. The van der Waals surface area contributed by atoms with E-state index in [1.807, 2.05) is 93.6 Å². The van der Waals surface area contributed by atoms with Crippen LogP contribution in [0.1, 0.15) is 57.6 Å². The molecule has 1 aliphatic rings. The standard InChI is InChI=1S/C37H46N4O5/c1-24(28-17-16-26-14-10-11-15-29(26)23-28)32(35(44)40(5)31(33(38)42)22-25-12-8-7-9-13-25)41(6)34(43)27-18-20-30(21-19-27)39-36(45)46-37(2,3)4/h7-17,23,27,30-32H,1,18-22H2,2-6H3,(H2,38,42)(H,39,45)/t27?,30?,31-,32-/m1/s1. The summed E-state index contributed by atoms with van der Waals surface area (Å²) < 4.78 is 5.39. The van der Waals surface area contributed by atoms with Gasteiger partial charge in [0.1, 0.15) is 17.7 Å². The number of fused-ring (bicyclic) bond motifs is 1. The number of alkyl carbamates (subject to hydrolysis) is 1. The predicted octanol–water partition coefficient (Wildman–Crippen LogP) is 5.32. The van der Waals surface area contributed by atoms with Crippen LogP contribution >= 0.6 is 0 Å². The molecule has 4 amide bonds. The SMILES string of the molecule is C=C(c1ccc2ccccc2c1)[C@H](C(=O)N(C)[C@H](Cc1ccccc1)C(N)=O)N(C)C(=O)C1CCC(NC(=O)OC(C)(C)C)CC1. The largest absolute Gasteiger partial charge is 0.444 e. The van der Waals surface area contributed by atoms with Gasteiger partial charge in [0.05, 0.1) is 0 Å². The Kier molecular flexibility index (Phi) is 10.9. The van der Waals surface area contributed by atoms with E-state index in [0.717, 1.165) is 16.3 Å². The van der Waals surface area contributed by atoms with Gasteiger partial charge in [0.25, 0.3) is 0 Å². The van der Waals surface area contributed by atoms with Gasteiger partial charge in [-0.3, -0.25) is 14.4 Å². The Morgan fingerprint density at radius 2 is 1.50 bits per heavy atom. The minimum Gasteiger partial charge on any atom is -0.444 e. The highest BCUT2D eigenvalue weighted by Gasteiger charge is 2.39. The normalized spacial score (nSPS) is 17.8. The topological polar surface area (TPSA) is 122 Å². The minimum atomic E-state index is -1.08. The van der Waals surface area contributed by atoms with Crippen molar-refractivity contribution >= 4 is 40.2 Å². The maximum absolute atomic E-state index is 14.4. The van der Waals surface area contributed by atoms with Gasteiger partial charge in [-0.2, -0.15) is 0 Å². The van der Waals surface area contributed by atoms with Crippen molar-refractivity contribution < 1.29 is 23.9 Å². The number of ether oxygens (including phenoxy) is 1. The molecule has 0 aliphatic heterocycles. The molecule has 244 valence electrons. The third-order valence-corrected chi connectivity index (χ3v) is 8.63. The van der Waals surface area contributed by atoms with Gasteiger partial charge in [0.2, 0.25) is 17.7 Å². The quantitative estimate of drug-likeness (QED) is 0.316. The second-order valence-corrected chi connectivity index (χ2v) is 13.2. The van der Waals surface area contributed by atoms with Gasteiger partial charge in [-0.05, 0) is 80.0 Å². The highest BCUT2D eigenvalue weighted by atomic mass is 16.6. The zero-order valence-corrected chi connectivity index (χ0v) is 27.5. The van der Waals surface area contributed by atoms with Crippen molar-refractivity contribution in [2.75, 3.05) is 14.1 Å². The monoisotopic (exact) mass is 626 g/mol. The van der Waals surface area contributed by atoms with Crippen molar-refractivity contribution in [3.63, 3.8) is 0 Å².